The van der Waals surface area contributed by atoms with Crippen molar-refractivity contribution in [1.82, 2.24) is 20.1 Å². The highest BCUT2D eigenvalue weighted by Gasteiger charge is 2.32. The zero-order valence-electron chi connectivity index (χ0n) is 13.2. The van der Waals surface area contributed by atoms with E-state index in [1.165, 1.54) is 4.57 Å². The number of nitrogens with zero attached hydrogens (tertiary/aromatic N) is 2. The first-order valence-electron chi connectivity index (χ1n) is 7.50. The van der Waals surface area contributed by atoms with E-state index in [9.17, 15) is 14.4 Å². The van der Waals surface area contributed by atoms with Gasteiger partial charge in [0, 0.05) is 17.3 Å². The lowest BCUT2D eigenvalue weighted by Crippen LogP contribution is -2.24. The predicted molar refractivity (Wildman–Crippen MR) is 90.6 cm³/mol. The van der Waals surface area contributed by atoms with E-state index < -0.39 is 17.4 Å². The molecule has 3 aromatic rings. The van der Waals surface area contributed by atoms with Gasteiger partial charge in [-0.3, -0.25) is 29.4 Å². The van der Waals surface area contributed by atoms with Gasteiger partial charge in [0.1, 0.15) is 5.82 Å². The first kappa shape index (κ1) is 14.9. The van der Waals surface area contributed by atoms with Gasteiger partial charge in [0.25, 0.3) is 17.4 Å². The van der Waals surface area contributed by atoms with Crippen molar-refractivity contribution in [2.24, 2.45) is 0 Å². The van der Waals surface area contributed by atoms with Crippen LogP contribution in [0, 0.1) is 6.92 Å². The van der Waals surface area contributed by atoms with Crippen LogP contribution in [0.25, 0.3) is 16.9 Å². The third-order valence-electron chi connectivity index (χ3n) is 4.08. The molecular formula is C17H13N5O3. The molecule has 3 heterocycles. The average Bonchev–Trinajstić information content (AvgIpc) is 3.12. The topological polar surface area (TPSA) is 123 Å². The number of H-pyrrole nitrogens is 1. The average molecular weight is 335 g/mol. The zero-order chi connectivity index (χ0) is 17.7. The number of aryl methyl sites for hydroxylation is 1. The Kier molecular flexibility index (Phi) is 3.08. The highest BCUT2D eigenvalue weighted by atomic mass is 16.2. The van der Waals surface area contributed by atoms with Crippen molar-refractivity contribution in [3.05, 3.63) is 63.6 Å². The molecule has 2 aromatic heterocycles. The molecule has 1 aromatic carbocycles. The molecule has 4 rings (SSSR count). The summed E-state index contributed by atoms with van der Waals surface area (Å²) in [4.78, 5) is 36.4. The van der Waals surface area contributed by atoms with Crippen LogP contribution in [-0.4, -0.2) is 26.6 Å². The van der Waals surface area contributed by atoms with Crippen molar-refractivity contribution in [2.75, 3.05) is 5.73 Å². The number of nitrogens with two attached hydrogens (primary N) is 1. The van der Waals surface area contributed by atoms with Crippen LogP contribution in [0.2, 0.25) is 0 Å². The molecule has 2 amide bonds. The molecule has 25 heavy (non-hydrogen) atoms. The number of hydrogen-bond acceptors (Lipinski definition) is 5. The number of hydrogen-bond donors (Lipinski definition) is 3. The van der Waals surface area contributed by atoms with E-state index in [4.69, 9.17) is 5.73 Å². The van der Waals surface area contributed by atoms with Crippen molar-refractivity contribution in [3.63, 3.8) is 0 Å². The first-order chi connectivity index (χ1) is 12.0. The van der Waals surface area contributed by atoms with E-state index >= 15 is 0 Å². The van der Waals surface area contributed by atoms with Gasteiger partial charge in [-0.1, -0.05) is 18.2 Å². The summed E-state index contributed by atoms with van der Waals surface area (Å²) in [5.74, 6) is -1.31. The van der Waals surface area contributed by atoms with E-state index in [1.807, 2.05) is 19.1 Å². The quantitative estimate of drug-likeness (QED) is 0.603. The highest BCUT2D eigenvalue weighted by molar-refractivity contribution is 6.23. The Morgan fingerprint density at radius 2 is 1.80 bits per heavy atom. The summed E-state index contributed by atoms with van der Waals surface area (Å²) in [6, 6.07) is 10.0. The summed E-state index contributed by atoms with van der Waals surface area (Å²) >= 11 is 0. The Balaban J connectivity index is 2.02. The molecule has 0 saturated heterocycles. The molecule has 0 saturated carbocycles. The number of anilines is 1. The number of pyridine rings is 1. The maximum Gasteiger partial charge on any atom is 0.262 e. The third kappa shape index (κ3) is 2.15. The highest BCUT2D eigenvalue weighted by Crippen LogP contribution is 2.29. The number of amides is 2. The van der Waals surface area contributed by atoms with Crippen molar-refractivity contribution < 1.29 is 9.59 Å². The fourth-order valence-electron chi connectivity index (χ4n) is 2.97. The van der Waals surface area contributed by atoms with Crippen molar-refractivity contribution in [3.8, 4) is 16.9 Å². The fourth-order valence-corrected chi connectivity index (χ4v) is 2.97. The third-order valence-corrected chi connectivity index (χ3v) is 4.08. The second-order valence-electron chi connectivity index (χ2n) is 5.73. The molecular weight excluding hydrogens is 322 g/mol. The number of rotatable bonds is 2. The summed E-state index contributed by atoms with van der Waals surface area (Å²) in [6.45, 7) is 1.87. The summed E-state index contributed by atoms with van der Waals surface area (Å²) in [5.41, 5.74) is 8.26. The molecule has 124 valence electrons. The summed E-state index contributed by atoms with van der Waals surface area (Å²) in [7, 11) is 0. The number of para-hydroxylation sites is 1. The number of imide groups is 1. The number of nitrogens with one attached hydrogen (secondary N) is 2. The molecule has 8 heteroatoms. The second-order valence-corrected chi connectivity index (χ2v) is 5.73. The molecule has 0 spiro atoms. The van der Waals surface area contributed by atoms with Crippen LogP contribution in [0.15, 0.2) is 41.2 Å². The van der Waals surface area contributed by atoms with Gasteiger partial charge in [-0.05, 0) is 19.1 Å². The molecule has 0 fully saturated rings. The van der Waals surface area contributed by atoms with Crippen LogP contribution in [-0.2, 0) is 0 Å². The number of benzene rings is 1. The molecule has 1 aliphatic heterocycles. The zero-order valence-corrected chi connectivity index (χ0v) is 13.2. The SMILES string of the molecule is Cc1cc(-c2ccccc2-n2c(N)c3c(cc2=O)C(=O)NC3=O)n[nH]1. The number of carbonyl (C=O) groups excluding carboxylic acids is 2. The number of nitrogen functional groups attached to an aromatic ring is 1. The lowest BCUT2D eigenvalue weighted by molar-refractivity contribution is 0.0880. The minimum absolute atomic E-state index is 0.00292. The van der Waals surface area contributed by atoms with Gasteiger partial charge < -0.3 is 5.73 Å². The van der Waals surface area contributed by atoms with Gasteiger partial charge in [0.05, 0.1) is 22.5 Å². The summed E-state index contributed by atoms with van der Waals surface area (Å²) in [5, 5.41) is 9.22. The molecule has 0 unspecified atom stereocenters. The van der Waals surface area contributed by atoms with Crippen LogP contribution >= 0.6 is 0 Å². The van der Waals surface area contributed by atoms with E-state index in [1.54, 1.807) is 18.2 Å². The minimum Gasteiger partial charge on any atom is -0.384 e. The van der Waals surface area contributed by atoms with E-state index in [-0.39, 0.29) is 16.9 Å². The molecule has 1 aliphatic rings. The Hall–Kier alpha value is -3.68. The molecule has 0 atom stereocenters. The standard InChI is InChI=1S/C17H13N5O3/c1-8-6-11(21-20-8)9-4-2-3-5-12(9)22-13(23)7-10-14(15(22)18)17(25)19-16(10)24/h2-7H,18H2,1H3,(H,20,21)(H,19,24,25). The second kappa shape index (κ2) is 5.17. The maximum absolute atomic E-state index is 12.6. The molecule has 0 bridgehead atoms. The van der Waals surface area contributed by atoms with E-state index in [0.717, 1.165) is 11.8 Å². The normalized spacial score (nSPS) is 13.0. The van der Waals surface area contributed by atoms with E-state index in [2.05, 4.69) is 15.5 Å². The Labute approximate surface area is 141 Å². The van der Waals surface area contributed by atoms with Crippen LogP contribution in [0.5, 0.6) is 0 Å². The lowest BCUT2D eigenvalue weighted by atomic mass is 10.1. The minimum atomic E-state index is -0.618. The molecule has 4 N–H and O–H groups in total. The van der Waals surface area contributed by atoms with Crippen LogP contribution < -0.4 is 16.6 Å². The molecule has 8 nitrogen and oxygen atoms in total. The molecule has 0 aliphatic carbocycles. The van der Waals surface area contributed by atoms with E-state index in [0.29, 0.717) is 16.9 Å². The van der Waals surface area contributed by atoms with Gasteiger partial charge in [0.15, 0.2) is 0 Å². The largest absolute Gasteiger partial charge is 0.384 e. The van der Waals surface area contributed by atoms with Crippen molar-refractivity contribution >= 4 is 17.6 Å². The van der Waals surface area contributed by atoms with Gasteiger partial charge in [-0.25, -0.2) is 0 Å². The molecule has 0 radical (unpaired) electrons. The maximum atomic E-state index is 12.6. The van der Waals surface area contributed by atoms with Gasteiger partial charge in [-0.2, -0.15) is 5.10 Å². The van der Waals surface area contributed by atoms with Crippen LogP contribution in [0.3, 0.4) is 0 Å². The lowest BCUT2D eigenvalue weighted by Gasteiger charge is -2.14. The smallest absolute Gasteiger partial charge is 0.262 e. The Bertz CT molecular complexity index is 1110. The van der Waals surface area contributed by atoms with Crippen LogP contribution in [0.1, 0.15) is 26.4 Å². The van der Waals surface area contributed by atoms with Gasteiger partial charge >= 0.3 is 0 Å². The summed E-state index contributed by atoms with van der Waals surface area (Å²) in [6.07, 6.45) is 0. The predicted octanol–water partition coefficient (Wildman–Crippen LogP) is 1.00. The van der Waals surface area contributed by atoms with Gasteiger partial charge in [-0.15, -0.1) is 0 Å². The number of fused-ring (bicyclic) bond motifs is 1. The fraction of sp³-hybridized carbons (Fsp3) is 0.0588. The Morgan fingerprint density at radius 1 is 1.04 bits per heavy atom. The van der Waals surface area contributed by atoms with Crippen molar-refractivity contribution in [2.45, 2.75) is 6.92 Å². The van der Waals surface area contributed by atoms with Crippen molar-refractivity contribution in [1.29, 1.82) is 0 Å². The Morgan fingerprint density at radius 3 is 2.52 bits per heavy atom. The number of aromatic nitrogens is 3. The summed E-state index contributed by atoms with van der Waals surface area (Å²) < 4.78 is 1.22. The van der Waals surface area contributed by atoms with Crippen LogP contribution in [0.4, 0.5) is 5.82 Å². The van der Waals surface area contributed by atoms with Gasteiger partial charge in [0.2, 0.25) is 0 Å². The monoisotopic (exact) mass is 335 g/mol. The number of carbonyl (C=O) groups is 2. The first-order valence-corrected chi connectivity index (χ1v) is 7.50. The number of aromatic amines is 1.